The highest BCUT2D eigenvalue weighted by Crippen LogP contribution is 2.26. The van der Waals surface area contributed by atoms with E-state index >= 15 is 0 Å². The summed E-state index contributed by atoms with van der Waals surface area (Å²) in [5, 5.41) is 3.84. The number of hydrogen-bond donors (Lipinski definition) is 1. The van der Waals surface area contributed by atoms with Crippen LogP contribution in [0, 0.1) is 0 Å². The van der Waals surface area contributed by atoms with Crippen LogP contribution in [0.15, 0.2) is 79.0 Å². The molecule has 4 aromatic rings. The molecular formula is C24H21N3O2. The van der Waals surface area contributed by atoms with Crippen molar-refractivity contribution in [2.45, 2.75) is 6.42 Å². The van der Waals surface area contributed by atoms with Gasteiger partial charge in [-0.15, -0.1) is 0 Å². The maximum Gasteiger partial charge on any atom is 0.252 e. The summed E-state index contributed by atoms with van der Waals surface area (Å²) < 4.78 is 5.23. The first-order valence-corrected chi connectivity index (χ1v) is 9.47. The summed E-state index contributed by atoms with van der Waals surface area (Å²) in [7, 11) is 1.64. The Hall–Kier alpha value is -3.73. The Morgan fingerprint density at radius 2 is 1.79 bits per heavy atom. The predicted molar refractivity (Wildman–Crippen MR) is 114 cm³/mol. The van der Waals surface area contributed by atoms with Crippen molar-refractivity contribution >= 4 is 16.8 Å². The molecule has 0 fully saturated rings. The molecule has 0 radical (unpaired) electrons. The largest absolute Gasteiger partial charge is 0.497 e. The summed E-state index contributed by atoms with van der Waals surface area (Å²) in [6.07, 6.45) is 2.44. The number of nitrogens with zero attached hydrogens (tertiary/aromatic N) is 2. The van der Waals surface area contributed by atoms with Crippen LogP contribution in [0.4, 0.5) is 0 Å². The van der Waals surface area contributed by atoms with Gasteiger partial charge in [0.1, 0.15) is 5.75 Å². The normalized spacial score (nSPS) is 10.7. The van der Waals surface area contributed by atoms with Gasteiger partial charge in [-0.2, -0.15) is 0 Å². The molecule has 29 heavy (non-hydrogen) atoms. The number of hydrogen-bond acceptors (Lipinski definition) is 4. The van der Waals surface area contributed by atoms with Gasteiger partial charge in [0, 0.05) is 35.8 Å². The van der Waals surface area contributed by atoms with Crippen LogP contribution in [0.5, 0.6) is 5.75 Å². The third kappa shape index (κ3) is 4.24. The Bertz CT molecular complexity index is 1130. The molecule has 2 aromatic heterocycles. The Morgan fingerprint density at radius 3 is 2.55 bits per heavy atom. The zero-order valence-electron chi connectivity index (χ0n) is 16.1. The minimum Gasteiger partial charge on any atom is -0.497 e. The van der Waals surface area contributed by atoms with Crippen LogP contribution >= 0.6 is 0 Å². The van der Waals surface area contributed by atoms with Gasteiger partial charge in [-0.25, -0.2) is 4.98 Å². The summed E-state index contributed by atoms with van der Waals surface area (Å²) >= 11 is 0. The van der Waals surface area contributed by atoms with Crippen molar-refractivity contribution in [2.24, 2.45) is 0 Å². The summed E-state index contributed by atoms with van der Waals surface area (Å²) in [5.41, 5.74) is 4.03. The van der Waals surface area contributed by atoms with Crippen molar-refractivity contribution < 1.29 is 9.53 Å². The van der Waals surface area contributed by atoms with Crippen molar-refractivity contribution in [3.63, 3.8) is 0 Å². The minimum absolute atomic E-state index is 0.116. The van der Waals surface area contributed by atoms with Gasteiger partial charge >= 0.3 is 0 Å². The zero-order valence-corrected chi connectivity index (χ0v) is 16.1. The van der Waals surface area contributed by atoms with E-state index in [1.54, 1.807) is 13.3 Å². The number of benzene rings is 2. The molecule has 2 heterocycles. The van der Waals surface area contributed by atoms with E-state index in [0.29, 0.717) is 18.5 Å². The van der Waals surface area contributed by atoms with Crippen molar-refractivity contribution in [3.05, 3.63) is 90.3 Å². The molecule has 5 nitrogen and oxygen atoms in total. The number of carbonyl (C=O) groups is 1. The molecule has 0 saturated carbocycles. The summed E-state index contributed by atoms with van der Waals surface area (Å²) in [6, 6.07) is 23.0. The SMILES string of the molecule is COc1ccc(-c2cc(C(=O)NCCc3ccccn3)c3ccccc3n2)cc1. The van der Waals surface area contributed by atoms with Crippen LogP contribution in [0.2, 0.25) is 0 Å². The lowest BCUT2D eigenvalue weighted by Crippen LogP contribution is -2.26. The summed E-state index contributed by atoms with van der Waals surface area (Å²) in [6.45, 7) is 0.518. The first-order valence-electron chi connectivity index (χ1n) is 9.47. The van der Waals surface area contributed by atoms with Gasteiger partial charge in [-0.3, -0.25) is 9.78 Å². The van der Waals surface area contributed by atoms with Gasteiger partial charge in [-0.1, -0.05) is 24.3 Å². The van der Waals surface area contributed by atoms with Crippen LogP contribution in [0.3, 0.4) is 0 Å². The second kappa shape index (κ2) is 8.52. The summed E-state index contributed by atoms with van der Waals surface area (Å²) in [4.78, 5) is 22.0. The number of carbonyl (C=O) groups excluding carboxylic acids is 1. The Labute approximate surface area is 169 Å². The number of nitrogens with one attached hydrogen (secondary N) is 1. The smallest absolute Gasteiger partial charge is 0.252 e. The molecule has 0 atom stereocenters. The molecule has 0 aliphatic rings. The van der Waals surface area contributed by atoms with Crippen LogP contribution < -0.4 is 10.1 Å². The quantitative estimate of drug-likeness (QED) is 0.540. The maximum atomic E-state index is 13.0. The second-order valence-electron chi connectivity index (χ2n) is 6.63. The maximum absolute atomic E-state index is 13.0. The van der Waals surface area contributed by atoms with E-state index in [9.17, 15) is 4.79 Å². The Balaban J connectivity index is 1.62. The van der Waals surface area contributed by atoms with E-state index in [0.717, 1.165) is 33.6 Å². The molecular weight excluding hydrogens is 362 g/mol. The summed E-state index contributed by atoms with van der Waals surface area (Å²) in [5.74, 6) is 0.663. The number of ether oxygens (including phenoxy) is 1. The number of rotatable bonds is 6. The fourth-order valence-electron chi connectivity index (χ4n) is 3.22. The first-order chi connectivity index (χ1) is 14.2. The monoisotopic (exact) mass is 383 g/mol. The lowest BCUT2D eigenvalue weighted by molar-refractivity contribution is 0.0955. The number of aromatic nitrogens is 2. The molecule has 0 aliphatic heterocycles. The molecule has 1 N–H and O–H groups in total. The fraction of sp³-hybridized carbons (Fsp3) is 0.125. The number of fused-ring (bicyclic) bond motifs is 1. The molecule has 0 saturated heterocycles. The van der Waals surface area contributed by atoms with E-state index in [1.807, 2.05) is 72.8 Å². The average molecular weight is 383 g/mol. The number of amides is 1. The zero-order chi connectivity index (χ0) is 20.1. The molecule has 0 unspecified atom stereocenters. The number of para-hydroxylation sites is 1. The van der Waals surface area contributed by atoms with Crippen molar-refractivity contribution in [3.8, 4) is 17.0 Å². The third-order valence-electron chi connectivity index (χ3n) is 4.74. The van der Waals surface area contributed by atoms with Crippen LogP contribution in [-0.2, 0) is 6.42 Å². The highest BCUT2D eigenvalue weighted by atomic mass is 16.5. The van der Waals surface area contributed by atoms with E-state index in [1.165, 1.54) is 0 Å². The van der Waals surface area contributed by atoms with Gasteiger partial charge in [-0.05, 0) is 48.5 Å². The second-order valence-corrected chi connectivity index (χ2v) is 6.63. The topological polar surface area (TPSA) is 64.1 Å². The lowest BCUT2D eigenvalue weighted by Gasteiger charge is -2.11. The number of pyridine rings is 2. The highest BCUT2D eigenvalue weighted by Gasteiger charge is 2.14. The molecule has 2 aromatic carbocycles. The highest BCUT2D eigenvalue weighted by molar-refractivity contribution is 6.07. The average Bonchev–Trinajstić information content (AvgIpc) is 2.79. The molecule has 0 bridgehead atoms. The van der Waals surface area contributed by atoms with Crippen LogP contribution in [0.25, 0.3) is 22.2 Å². The van der Waals surface area contributed by atoms with Gasteiger partial charge in [0.25, 0.3) is 5.91 Å². The van der Waals surface area contributed by atoms with E-state index < -0.39 is 0 Å². The Morgan fingerprint density at radius 1 is 1.00 bits per heavy atom. The first kappa shape index (κ1) is 18.6. The third-order valence-corrected chi connectivity index (χ3v) is 4.74. The van der Waals surface area contributed by atoms with Gasteiger partial charge < -0.3 is 10.1 Å². The van der Waals surface area contributed by atoms with Gasteiger partial charge in [0.15, 0.2) is 0 Å². The van der Waals surface area contributed by atoms with Crippen molar-refractivity contribution in [1.82, 2.24) is 15.3 Å². The number of methoxy groups -OCH3 is 1. The van der Waals surface area contributed by atoms with E-state index in [2.05, 4.69) is 10.3 Å². The molecule has 5 heteroatoms. The lowest BCUT2D eigenvalue weighted by atomic mass is 10.0. The van der Waals surface area contributed by atoms with Crippen LogP contribution in [0.1, 0.15) is 16.1 Å². The van der Waals surface area contributed by atoms with Gasteiger partial charge in [0.2, 0.25) is 0 Å². The standard InChI is InChI=1S/C24H21N3O2/c1-29-19-11-9-17(10-12-19)23-16-21(20-7-2-3-8-22(20)27-23)24(28)26-15-13-18-6-4-5-14-25-18/h2-12,14,16H,13,15H2,1H3,(H,26,28). The predicted octanol–water partition coefficient (Wildman–Crippen LogP) is 4.28. The van der Waals surface area contributed by atoms with Crippen LogP contribution in [-0.4, -0.2) is 29.5 Å². The van der Waals surface area contributed by atoms with Gasteiger partial charge in [0.05, 0.1) is 23.9 Å². The van der Waals surface area contributed by atoms with E-state index in [-0.39, 0.29) is 5.91 Å². The molecule has 0 aliphatic carbocycles. The molecule has 0 spiro atoms. The van der Waals surface area contributed by atoms with E-state index in [4.69, 9.17) is 9.72 Å². The van der Waals surface area contributed by atoms with Crippen molar-refractivity contribution in [1.29, 1.82) is 0 Å². The molecule has 4 rings (SSSR count). The van der Waals surface area contributed by atoms with Crippen molar-refractivity contribution in [2.75, 3.05) is 13.7 Å². The Kier molecular flexibility index (Phi) is 5.47. The minimum atomic E-state index is -0.116. The molecule has 1 amide bonds. The fourth-order valence-corrected chi connectivity index (χ4v) is 3.22. The molecule has 144 valence electrons.